The molecule has 0 spiro atoms. The molecule has 0 saturated carbocycles. The summed E-state index contributed by atoms with van der Waals surface area (Å²) < 4.78 is 11.0. The summed E-state index contributed by atoms with van der Waals surface area (Å²) in [6.45, 7) is 1.70. The first-order valence-corrected chi connectivity index (χ1v) is 5.49. The van der Waals surface area contributed by atoms with E-state index in [9.17, 15) is 10.1 Å². The van der Waals surface area contributed by atoms with Gasteiger partial charge >= 0.3 is 0 Å². The molecule has 1 heterocycles. The van der Waals surface area contributed by atoms with Crippen molar-refractivity contribution in [1.29, 1.82) is 0 Å². The second-order valence-electron chi connectivity index (χ2n) is 4.39. The quantitative estimate of drug-likeness (QED) is 0.597. The van der Waals surface area contributed by atoms with Crippen molar-refractivity contribution in [3.8, 4) is 5.75 Å². The maximum Gasteiger partial charge on any atom is 0.211 e. The fourth-order valence-corrected chi connectivity index (χ4v) is 2.21. The first kappa shape index (κ1) is 11.9. The first-order chi connectivity index (χ1) is 8.04. The zero-order valence-corrected chi connectivity index (χ0v) is 9.88. The molecule has 1 aliphatic heterocycles. The Labute approximate surface area is 99.5 Å². The van der Waals surface area contributed by atoms with Crippen molar-refractivity contribution in [1.82, 2.24) is 0 Å². The molecule has 1 aromatic rings. The maximum absolute atomic E-state index is 10.7. The van der Waals surface area contributed by atoms with Crippen LogP contribution in [0, 0.1) is 10.1 Å². The summed E-state index contributed by atoms with van der Waals surface area (Å²) >= 11 is 0. The average Bonchev–Trinajstić information content (AvgIpc) is 2.28. The van der Waals surface area contributed by atoms with Crippen molar-refractivity contribution >= 4 is 0 Å². The van der Waals surface area contributed by atoms with E-state index in [2.05, 4.69) is 0 Å². The third-order valence-electron chi connectivity index (χ3n) is 3.10. The Hall–Kier alpha value is -1.62. The van der Waals surface area contributed by atoms with E-state index in [1.165, 1.54) is 0 Å². The van der Waals surface area contributed by atoms with Crippen LogP contribution in [0.15, 0.2) is 24.3 Å². The van der Waals surface area contributed by atoms with E-state index >= 15 is 0 Å². The molecule has 0 saturated heterocycles. The van der Waals surface area contributed by atoms with Crippen LogP contribution in [-0.2, 0) is 4.74 Å². The number of fused-ring (bicyclic) bond motifs is 1. The lowest BCUT2D eigenvalue weighted by molar-refractivity contribution is -0.485. The van der Waals surface area contributed by atoms with Gasteiger partial charge < -0.3 is 9.47 Å². The summed E-state index contributed by atoms with van der Waals surface area (Å²) in [6, 6.07) is 7.41. The molecule has 0 aliphatic carbocycles. The number of hydrogen-bond donors (Lipinski definition) is 0. The van der Waals surface area contributed by atoms with Crippen LogP contribution < -0.4 is 4.74 Å². The monoisotopic (exact) mass is 237 g/mol. The summed E-state index contributed by atoms with van der Waals surface area (Å²) in [5.74, 6) is -0.274. The smallest absolute Gasteiger partial charge is 0.211 e. The number of nitro groups is 1. The molecule has 5 heteroatoms. The SMILES string of the molecule is CO[C@]1(C)C[C@H](C[N+](=O)[O-])c2ccccc2O1. The van der Waals surface area contributed by atoms with Gasteiger partial charge in [-0.2, -0.15) is 0 Å². The van der Waals surface area contributed by atoms with E-state index in [1.54, 1.807) is 14.0 Å². The van der Waals surface area contributed by atoms with Crippen LogP contribution in [0.2, 0.25) is 0 Å². The highest BCUT2D eigenvalue weighted by atomic mass is 16.7. The molecular weight excluding hydrogens is 222 g/mol. The fourth-order valence-electron chi connectivity index (χ4n) is 2.21. The number of methoxy groups -OCH3 is 1. The van der Waals surface area contributed by atoms with Crippen molar-refractivity contribution in [2.45, 2.75) is 25.0 Å². The van der Waals surface area contributed by atoms with Gasteiger partial charge in [-0.05, 0) is 6.07 Å². The molecule has 2 rings (SSSR count). The largest absolute Gasteiger partial charge is 0.462 e. The molecule has 0 amide bonds. The zero-order chi connectivity index (χ0) is 12.5. The Kier molecular flexibility index (Phi) is 3.02. The Balaban J connectivity index is 2.35. The predicted molar refractivity (Wildman–Crippen MR) is 61.7 cm³/mol. The molecule has 17 heavy (non-hydrogen) atoms. The lowest BCUT2D eigenvalue weighted by Crippen LogP contribution is -2.41. The minimum absolute atomic E-state index is 0.0979. The van der Waals surface area contributed by atoms with Gasteiger partial charge in [0.2, 0.25) is 12.3 Å². The van der Waals surface area contributed by atoms with Crippen LogP contribution >= 0.6 is 0 Å². The Bertz CT molecular complexity index is 434. The van der Waals surface area contributed by atoms with Gasteiger partial charge in [-0.15, -0.1) is 0 Å². The number of benzene rings is 1. The molecule has 1 aliphatic rings. The van der Waals surface area contributed by atoms with E-state index in [0.717, 1.165) is 5.56 Å². The molecule has 0 aromatic heterocycles. The van der Waals surface area contributed by atoms with Crippen LogP contribution in [0.25, 0.3) is 0 Å². The number of para-hydroxylation sites is 1. The number of nitrogens with zero attached hydrogens (tertiary/aromatic N) is 1. The molecule has 1 aromatic carbocycles. The molecule has 2 atom stereocenters. The highest BCUT2D eigenvalue weighted by Crippen LogP contribution is 2.40. The Morgan fingerprint density at radius 3 is 2.94 bits per heavy atom. The van der Waals surface area contributed by atoms with Crippen LogP contribution in [0.3, 0.4) is 0 Å². The molecule has 0 bridgehead atoms. The highest BCUT2D eigenvalue weighted by molar-refractivity contribution is 5.38. The Morgan fingerprint density at radius 1 is 1.59 bits per heavy atom. The van der Waals surface area contributed by atoms with Crippen molar-refractivity contribution in [2.75, 3.05) is 13.7 Å². The van der Waals surface area contributed by atoms with E-state index in [4.69, 9.17) is 9.47 Å². The average molecular weight is 237 g/mol. The molecular formula is C12H15NO4. The van der Waals surface area contributed by atoms with E-state index in [0.29, 0.717) is 12.2 Å². The molecule has 5 nitrogen and oxygen atoms in total. The zero-order valence-electron chi connectivity index (χ0n) is 9.88. The van der Waals surface area contributed by atoms with Gasteiger partial charge in [0.15, 0.2) is 0 Å². The lowest BCUT2D eigenvalue weighted by atomic mass is 9.88. The highest BCUT2D eigenvalue weighted by Gasteiger charge is 2.39. The second-order valence-corrected chi connectivity index (χ2v) is 4.39. The van der Waals surface area contributed by atoms with E-state index in [1.807, 2.05) is 24.3 Å². The number of rotatable bonds is 3. The van der Waals surface area contributed by atoms with Gasteiger partial charge in [0, 0.05) is 30.9 Å². The van der Waals surface area contributed by atoms with Crippen LogP contribution in [-0.4, -0.2) is 24.4 Å². The molecule has 92 valence electrons. The molecule has 0 radical (unpaired) electrons. The lowest BCUT2D eigenvalue weighted by Gasteiger charge is -2.37. The number of hydrogen-bond acceptors (Lipinski definition) is 4. The summed E-state index contributed by atoms with van der Waals surface area (Å²) in [5, 5.41) is 10.7. The standard InChI is InChI=1S/C12H15NO4/c1-12(16-2)7-9(8-13(14)15)10-5-3-4-6-11(10)17-12/h3-6,9H,7-8H2,1-2H3/t9-,12+/m1/s1. The third-order valence-corrected chi connectivity index (χ3v) is 3.10. The van der Waals surface area contributed by atoms with Gasteiger partial charge in [0.05, 0.1) is 5.92 Å². The number of ether oxygens (including phenoxy) is 2. The maximum atomic E-state index is 10.7. The summed E-state index contributed by atoms with van der Waals surface area (Å²) in [5.41, 5.74) is 0.888. The van der Waals surface area contributed by atoms with Gasteiger partial charge in [-0.3, -0.25) is 10.1 Å². The summed E-state index contributed by atoms with van der Waals surface area (Å²) in [7, 11) is 1.55. The minimum Gasteiger partial charge on any atom is -0.462 e. The second kappa shape index (κ2) is 4.33. The molecule has 0 N–H and O–H groups in total. The third kappa shape index (κ3) is 2.39. The van der Waals surface area contributed by atoms with Gasteiger partial charge in [-0.1, -0.05) is 18.2 Å². The van der Waals surface area contributed by atoms with Crippen molar-refractivity contribution < 1.29 is 14.4 Å². The van der Waals surface area contributed by atoms with Crippen LogP contribution in [0.4, 0.5) is 0 Å². The van der Waals surface area contributed by atoms with E-state index < -0.39 is 5.79 Å². The Morgan fingerprint density at radius 2 is 2.29 bits per heavy atom. The minimum atomic E-state index is -0.783. The predicted octanol–water partition coefficient (Wildman–Crippen LogP) is 2.19. The van der Waals surface area contributed by atoms with Crippen molar-refractivity contribution in [3.63, 3.8) is 0 Å². The summed E-state index contributed by atoms with van der Waals surface area (Å²) in [6.07, 6.45) is 0.488. The van der Waals surface area contributed by atoms with Crippen molar-refractivity contribution in [2.24, 2.45) is 0 Å². The van der Waals surface area contributed by atoms with Crippen LogP contribution in [0.5, 0.6) is 5.75 Å². The van der Waals surface area contributed by atoms with Crippen molar-refractivity contribution in [3.05, 3.63) is 39.9 Å². The summed E-state index contributed by atoms with van der Waals surface area (Å²) in [4.78, 5) is 10.4. The van der Waals surface area contributed by atoms with Gasteiger partial charge in [-0.25, -0.2) is 0 Å². The van der Waals surface area contributed by atoms with E-state index in [-0.39, 0.29) is 17.4 Å². The van der Waals surface area contributed by atoms with Gasteiger partial charge in [0.1, 0.15) is 5.75 Å². The first-order valence-electron chi connectivity index (χ1n) is 5.49. The normalized spacial score (nSPS) is 27.1. The molecule has 0 unspecified atom stereocenters. The van der Waals surface area contributed by atoms with Crippen LogP contribution in [0.1, 0.15) is 24.8 Å². The molecule has 0 fully saturated rings. The topological polar surface area (TPSA) is 61.6 Å². The fraction of sp³-hybridized carbons (Fsp3) is 0.500. The van der Waals surface area contributed by atoms with Gasteiger partial charge in [0.25, 0.3) is 0 Å².